The van der Waals surface area contributed by atoms with Crippen LogP contribution in [0, 0.1) is 0 Å². The number of nitrogens with one attached hydrogen (secondary N) is 1. The standard InChI is InChI=1S/C23H33N5O2S/c1-16(28-9-5-4-8-20(28)29)14-24-22-21-17-6-2-3-7-18(17)31-23(21)26-19(25-22)15-27-10-12-30-13-11-27/h16H,2-15H2,1H3,(H,24,25,26). The summed E-state index contributed by atoms with van der Waals surface area (Å²) in [7, 11) is 0. The average Bonchev–Trinajstić information content (AvgIpc) is 3.17. The summed E-state index contributed by atoms with van der Waals surface area (Å²) in [5.41, 5.74) is 1.45. The molecule has 2 fully saturated rings. The highest BCUT2D eigenvalue weighted by Crippen LogP contribution is 2.38. The molecule has 4 heterocycles. The van der Waals surface area contributed by atoms with Crippen molar-refractivity contribution in [3.63, 3.8) is 0 Å². The molecule has 0 saturated carbocycles. The van der Waals surface area contributed by atoms with Gasteiger partial charge in [-0.2, -0.15) is 0 Å². The second-order valence-electron chi connectivity index (χ2n) is 9.04. The zero-order chi connectivity index (χ0) is 21.2. The first-order chi connectivity index (χ1) is 15.2. The van der Waals surface area contributed by atoms with Gasteiger partial charge >= 0.3 is 0 Å². The topological polar surface area (TPSA) is 70.6 Å². The van der Waals surface area contributed by atoms with Crippen molar-refractivity contribution in [1.82, 2.24) is 19.8 Å². The lowest BCUT2D eigenvalue weighted by Gasteiger charge is -2.32. The lowest BCUT2D eigenvalue weighted by molar-refractivity contribution is -0.135. The molecule has 1 aliphatic carbocycles. The third-order valence-corrected chi connectivity index (χ3v) is 7.97. The van der Waals surface area contributed by atoms with Gasteiger partial charge in [0.1, 0.15) is 16.5 Å². The summed E-state index contributed by atoms with van der Waals surface area (Å²) in [5, 5.41) is 4.86. The number of amides is 1. The molecule has 0 spiro atoms. The molecule has 5 rings (SSSR count). The van der Waals surface area contributed by atoms with Gasteiger partial charge in [0.05, 0.1) is 25.1 Å². The predicted octanol–water partition coefficient (Wildman–Crippen LogP) is 3.22. The number of carbonyl (C=O) groups is 1. The number of fused-ring (bicyclic) bond motifs is 3. The second-order valence-corrected chi connectivity index (χ2v) is 10.1. The normalized spacial score (nSPS) is 21.3. The average molecular weight is 444 g/mol. The monoisotopic (exact) mass is 443 g/mol. The van der Waals surface area contributed by atoms with Crippen LogP contribution in [-0.4, -0.2) is 71.1 Å². The van der Waals surface area contributed by atoms with E-state index in [0.717, 1.165) is 88.1 Å². The van der Waals surface area contributed by atoms with Crippen molar-refractivity contribution in [3.05, 3.63) is 16.3 Å². The molecule has 3 aliphatic rings. The number of hydrogen-bond donors (Lipinski definition) is 1. The number of thiophene rings is 1. The van der Waals surface area contributed by atoms with E-state index in [2.05, 4.69) is 17.1 Å². The number of rotatable bonds is 6. The number of aryl methyl sites for hydroxylation is 2. The van der Waals surface area contributed by atoms with Crippen LogP contribution in [0.1, 0.15) is 55.3 Å². The van der Waals surface area contributed by atoms with E-state index in [1.807, 2.05) is 16.2 Å². The minimum atomic E-state index is 0.162. The third-order valence-electron chi connectivity index (χ3n) is 6.79. The van der Waals surface area contributed by atoms with Crippen molar-refractivity contribution in [1.29, 1.82) is 0 Å². The predicted molar refractivity (Wildman–Crippen MR) is 124 cm³/mol. The van der Waals surface area contributed by atoms with E-state index in [1.165, 1.54) is 28.7 Å². The molecule has 1 N–H and O–H groups in total. The molecule has 7 nitrogen and oxygen atoms in total. The molecular formula is C23H33N5O2S. The maximum Gasteiger partial charge on any atom is 0.222 e. The number of aromatic nitrogens is 2. The number of morpholine rings is 1. The Morgan fingerprint density at radius 3 is 2.71 bits per heavy atom. The number of piperidine rings is 1. The number of likely N-dealkylation sites (tertiary alicyclic amines) is 1. The molecule has 168 valence electrons. The van der Waals surface area contributed by atoms with Gasteiger partial charge in [0.15, 0.2) is 0 Å². The maximum absolute atomic E-state index is 12.3. The van der Waals surface area contributed by atoms with E-state index in [1.54, 1.807) is 0 Å². The molecule has 1 amide bonds. The number of carbonyl (C=O) groups excluding carboxylic acids is 1. The number of hydrogen-bond acceptors (Lipinski definition) is 7. The van der Waals surface area contributed by atoms with E-state index < -0.39 is 0 Å². The number of ether oxygens (including phenoxy) is 1. The Morgan fingerprint density at radius 2 is 1.87 bits per heavy atom. The number of anilines is 1. The van der Waals surface area contributed by atoms with Gasteiger partial charge in [-0.15, -0.1) is 11.3 Å². The molecular weight excluding hydrogens is 410 g/mol. The first-order valence-corrected chi connectivity index (χ1v) is 12.7. The van der Waals surface area contributed by atoms with E-state index >= 15 is 0 Å². The van der Waals surface area contributed by atoms with Gasteiger partial charge in [-0.1, -0.05) is 0 Å². The SMILES string of the molecule is CC(CNc1nc(CN2CCOCC2)nc2sc3c(c12)CCCC3)N1CCCCC1=O. The highest BCUT2D eigenvalue weighted by Gasteiger charge is 2.25. The summed E-state index contributed by atoms with van der Waals surface area (Å²) < 4.78 is 5.49. The van der Waals surface area contributed by atoms with Crippen LogP contribution in [-0.2, 0) is 28.9 Å². The molecule has 0 aromatic carbocycles. The Kier molecular flexibility index (Phi) is 6.39. The van der Waals surface area contributed by atoms with Crippen molar-refractivity contribution in [2.45, 2.75) is 64.5 Å². The van der Waals surface area contributed by atoms with Crippen LogP contribution in [0.25, 0.3) is 10.2 Å². The molecule has 1 unspecified atom stereocenters. The lowest BCUT2D eigenvalue weighted by Crippen LogP contribution is -2.45. The van der Waals surface area contributed by atoms with Crippen LogP contribution in [0.15, 0.2) is 0 Å². The van der Waals surface area contributed by atoms with Gasteiger partial charge in [0, 0.05) is 43.5 Å². The zero-order valence-corrected chi connectivity index (χ0v) is 19.3. The highest BCUT2D eigenvalue weighted by molar-refractivity contribution is 7.19. The summed E-state index contributed by atoms with van der Waals surface area (Å²) in [6.07, 6.45) is 7.61. The van der Waals surface area contributed by atoms with Crippen LogP contribution in [0.2, 0.25) is 0 Å². The quantitative estimate of drug-likeness (QED) is 0.739. The minimum Gasteiger partial charge on any atom is -0.379 e. The van der Waals surface area contributed by atoms with Gasteiger partial charge < -0.3 is 15.0 Å². The van der Waals surface area contributed by atoms with Crippen molar-refractivity contribution in [2.24, 2.45) is 0 Å². The first kappa shape index (κ1) is 21.1. The molecule has 1 atom stereocenters. The fourth-order valence-corrected chi connectivity index (χ4v) is 6.29. The van der Waals surface area contributed by atoms with E-state index in [-0.39, 0.29) is 11.9 Å². The van der Waals surface area contributed by atoms with Crippen LogP contribution in [0.4, 0.5) is 5.82 Å². The fraction of sp³-hybridized carbons (Fsp3) is 0.696. The van der Waals surface area contributed by atoms with Gasteiger partial charge in [0.2, 0.25) is 5.91 Å². The minimum absolute atomic E-state index is 0.162. The third kappa shape index (κ3) is 4.56. The van der Waals surface area contributed by atoms with E-state index in [9.17, 15) is 4.79 Å². The zero-order valence-electron chi connectivity index (χ0n) is 18.5. The van der Waals surface area contributed by atoms with Gasteiger partial charge in [-0.05, 0) is 51.0 Å². The smallest absolute Gasteiger partial charge is 0.222 e. The van der Waals surface area contributed by atoms with Crippen molar-refractivity contribution < 1.29 is 9.53 Å². The molecule has 0 radical (unpaired) electrons. The van der Waals surface area contributed by atoms with Crippen molar-refractivity contribution in [3.8, 4) is 0 Å². The van der Waals surface area contributed by atoms with Crippen LogP contribution in [0.3, 0.4) is 0 Å². The Bertz CT molecular complexity index is 940. The Morgan fingerprint density at radius 1 is 1.06 bits per heavy atom. The van der Waals surface area contributed by atoms with Gasteiger partial charge in [-0.25, -0.2) is 9.97 Å². The Hall–Kier alpha value is -1.77. The Labute approximate surface area is 188 Å². The summed E-state index contributed by atoms with van der Waals surface area (Å²) in [6, 6.07) is 0.162. The molecule has 0 bridgehead atoms. The molecule has 2 aromatic heterocycles. The second kappa shape index (κ2) is 9.38. The lowest BCUT2D eigenvalue weighted by atomic mass is 9.97. The van der Waals surface area contributed by atoms with Crippen LogP contribution in [0.5, 0.6) is 0 Å². The Balaban J connectivity index is 1.41. The van der Waals surface area contributed by atoms with Crippen LogP contribution < -0.4 is 5.32 Å². The van der Waals surface area contributed by atoms with Crippen molar-refractivity contribution >= 4 is 33.3 Å². The fourth-order valence-electron chi connectivity index (χ4n) is 5.01. The first-order valence-electron chi connectivity index (χ1n) is 11.8. The van der Waals surface area contributed by atoms with Crippen molar-refractivity contribution in [2.75, 3.05) is 44.7 Å². The van der Waals surface area contributed by atoms with Gasteiger partial charge in [0.25, 0.3) is 0 Å². The largest absolute Gasteiger partial charge is 0.379 e. The number of nitrogens with zero attached hydrogens (tertiary/aromatic N) is 4. The van der Waals surface area contributed by atoms with E-state index in [4.69, 9.17) is 14.7 Å². The molecule has 2 aliphatic heterocycles. The summed E-state index contributed by atoms with van der Waals surface area (Å²) in [6.45, 7) is 7.92. The molecule has 8 heteroatoms. The highest BCUT2D eigenvalue weighted by atomic mass is 32.1. The van der Waals surface area contributed by atoms with Crippen LogP contribution >= 0.6 is 11.3 Å². The summed E-state index contributed by atoms with van der Waals surface area (Å²) in [5.74, 6) is 2.13. The van der Waals surface area contributed by atoms with E-state index in [0.29, 0.717) is 6.42 Å². The van der Waals surface area contributed by atoms with Gasteiger partial charge in [-0.3, -0.25) is 9.69 Å². The molecule has 31 heavy (non-hydrogen) atoms. The molecule has 2 aromatic rings. The summed E-state index contributed by atoms with van der Waals surface area (Å²) >= 11 is 1.85. The maximum atomic E-state index is 12.3. The summed E-state index contributed by atoms with van der Waals surface area (Å²) in [4.78, 5) is 29.4. The molecule has 2 saturated heterocycles.